The van der Waals surface area contributed by atoms with Gasteiger partial charge < -0.3 is 18.8 Å². The predicted octanol–water partition coefficient (Wildman–Crippen LogP) is 3.29. The van der Waals surface area contributed by atoms with Gasteiger partial charge in [0.1, 0.15) is 11.9 Å². The van der Waals surface area contributed by atoms with Crippen molar-refractivity contribution in [3.05, 3.63) is 24.3 Å². The van der Waals surface area contributed by atoms with Gasteiger partial charge in [-0.25, -0.2) is 0 Å². The molecule has 0 aliphatic carbocycles. The van der Waals surface area contributed by atoms with Gasteiger partial charge in [-0.2, -0.15) is 0 Å². The zero-order valence-electron chi connectivity index (χ0n) is 13.7. The first-order valence-corrected chi connectivity index (χ1v) is 8.18. The highest BCUT2D eigenvalue weighted by atomic mass is 19.4. The number of rotatable bonds is 8. The number of hydrogen-bond donors (Lipinski definition) is 0. The molecule has 1 aliphatic heterocycles. The van der Waals surface area contributed by atoms with Crippen LogP contribution in [0, 0.1) is 0 Å². The molecule has 2 rings (SSSR count). The molecule has 8 heteroatoms. The second-order valence-electron chi connectivity index (χ2n) is 5.67. The SMILES string of the molecule is CCCCCCOC1COB(c2ccc(OC(F)(F)F)cc2)OC1. The Balaban J connectivity index is 1.72. The number of benzene rings is 1. The number of alkyl halides is 3. The van der Waals surface area contributed by atoms with Crippen LogP contribution >= 0.6 is 0 Å². The van der Waals surface area contributed by atoms with Gasteiger partial charge in [0.25, 0.3) is 0 Å². The Morgan fingerprint density at radius 3 is 2.33 bits per heavy atom. The normalized spacial score (nSPS) is 16.4. The molecule has 1 heterocycles. The number of halogens is 3. The van der Waals surface area contributed by atoms with E-state index in [9.17, 15) is 13.2 Å². The third kappa shape index (κ3) is 6.71. The first-order chi connectivity index (χ1) is 11.5. The minimum atomic E-state index is -4.69. The Kier molecular flexibility index (Phi) is 7.39. The van der Waals surface area contributed by atoms with E-state index < -0.39 is 13.5 Å². The summed E-state index contributed by atoms with van der Waals surface area (Å²) in [5.41, 5.74) is 0.644. The average molecular weight is 346 g/mol. The Morgan fingerprint density at radius 2 is 1.75 bits per heavy atom. The lowest BCUT2D eigenvalue weighted by Gasteiger charge is -2.27. The minimum Gasteiger partial charge on any atom is -0.406 e. The van der Waals surface area contributed by atoms with Crippen molar-refractivity contribution in [1.29, 1.82) is 0 Å². The Morgan fingerprint density at radius 1 is 1.08 bits per heavy atom. The van der Waals surface area contributed by atoms with Crippen LogP contribution in [-0.4, -0.2) is 39.4 Å². The summed E-state index contributed by atoms with van der Waals surface area (Å²) in [6.07, 6.45) is -0.230. The molecule has 0 unspecified atom stereocenters. The van der Waals surface area contributed by atoms with Gasteiger partial charge in [-0.15, -0.1) is 13.2 Å². The van der Waals surface area contributed by atoms with E-state index in [1.807, 2.05) is 0 Å². The second kappa shape index (κ2) is 9.29. The zero-order chi connectivity index (χ0) is 17.4. The first kappa shape index (κ1) is 19.1. The molecule has 1 aromatic carbocycles. The molecule has 4 nitrogen and oxygen atoms in total. The molecule has 0 spiro atoms. The molecule has 1 aromatic rings. The quantitative estimate of drug-likeness (QED) is 0.535. The lowest BCUT2D eigenvalue weighted by Crippen LogP contribution is -2.47. The highest BCUT2D eigenvalue weighted by Crippen LogP contribution is 2.21. The van der Waals surface area contributed by atoms with Gasteiger partial charge in [-0.05, 0) is 24.0 Å². The van der Waals surface area contributed by atoms with Crippen LogP contribution in [0.5, 0.6) is 5.75 Å². The van der Waals surface area contributed by atoms with Gasteiger partial charge >= 0.3 is 13.5 Å². The fourth-order valence-electron chi connectivity index (χ4n) is 2.38. The molecule has 0 saturated carbocycles. The van der Waals surface area contributed by atoms with E-state index in [-0.39, 0.29) is 11.9 Å². The van der Waals surface area contributed by atoms with E-state index in [4.69, 9.17) is 14.0 Å². The van der Waals surface area contributed by atoms with Crippen LogP contribution in [0.4, 0.5) is 13.2 Å². The van der Waals surface area contributed by atoms with Crippen molar-refractivity contribution in [2.45, 2.75) is 45.1 Å². The topological polar surface area (TPSA) is 36.9 Å². The predicted molar refractivity (Wildman–Crippen MR) is 84.3 cm³/mol. The van der Waals surface area contributed by atoms with Crippen molar-refractivity contribution < 1.29 is 32.0 Å². The summed E-state index contributed by atoms with van der Waals surface area (Å²) in [6.45, 7) is 3.65. The third-order valence-corrected chi connectivity index (χ3v) is 3.60. The van der Waals surface area contributed by atoms with Gasteiger partial charge in [-0.3, -0.25) is 0 Å². The van der Waals surface area contributed by atoms with E-state index >= 15 is 0 Å². The van der Waals surface area contributed by atoms with Crippen LogP contribution in [0.15, 0.2) is 24.3 Å². The molecule has 0 atom stereocenters. The van der Waals surface area contributed by atoms with Crippen molar-refractivity contribution >= 4 is 12.6 Å². The van der Waals surface area contributed by atoms with E-state index in [2.05, 4.69) is 11.7 Å². The summed E-state index contributed by atoms with van der Waals surface area (Å²) in [7, 11) is -0.593. The molecule has 134 valence electrons. The molecule has 1 aliphatic rings. The first-order valence-electron chi connectivity index (χ1n) is 8.18. The van der Waals surface area contributed by atoms with E-state index in [0.717, 1.165) is 12.8 Å². The van der Waals surface area contributed by atoms with Crippen molar-refractivity contribution in [1.82, 2.24) is 0 Å². The summed E-state index contributed by atoms with van der Waals surface area (Å²) in [5.74, 6) is -0.268. The molecule has 1 fully saturated rings. The number of ether oxygens (including phenoxy) is 2. The molecule has 0 aromatic heterocycles. The molecule has 0 amide bonds. The van der Waals surface area contributed by atoms with Gasteiger partial charge in [0, 0.05) is 6.61 Å². The lowest BCUT2D eigenvalue weighted by atomic mass is 9.78. The summed E-state index contributed by atoms with van der Waals surface area (Å²) < 4.78 is 57.1. The van der Waals surface area contributed by atoms with E-state index in [1.165, 1.54) is 37.1 Å². The Hall–Kier alpha value is -1.25. The Labute approximate surface area is 140 Å². The maximum atomic E-state index is 12.1. The minimum absolute atomic E-state index is 0.101. The highest BCUT2D eigenvalue weighted by Gasteiger charge is 2.32. The molecular weight excluding hydrogens is 324 g/mol. The summed E-state index contributed by atoms with van der Waals surface area (Å²) >= 11 is 0. The van der Waals surface area contributed by atoms with Crippen LogP contribution < -0.4 is 10.2 Å². The van der Waals surface area contributed by atoms with Crippen LogP contribution in [-0.2, 0) is 14.0 Å². The van der Waals surface area contributed by atoms with Crippen molar-refractivity contribution in [2.24, 2.45) is 0 Å². The highest BCUT2D eigenvalue weighted by molar-refractivity contribution is 6.61. The van der Waals surface area contributed by atoms with Crippen LogP contribution in [0.2, 0.25) is 0 Å². The fourth-order valence-corrected chi connectivity index (χ4v) is 2.38. The third-order valence-electron chi connectivity index (χ3n) is 3.60. The fraction of sp³-hybridized carbons (Fsp3) is 0.625. The number of unbranched alkanes of at least 4 members (excludes halogenated alkanes) is 3. The van der Waals surface area contributed by atoms with E-state index in [1.54, 1.807) is 0 Å². The zero-order valence-corrected chi connectivity index (χ0v) is 13.7. The Bertz CT molecular complexity index is 473. The van der Waals surface area contributed by atoms with Gasteiger partial charge in [0.15, 0.2) is 0 Å². The lowest BCUT2D eigenvalue weighted by molar-refractivity contribution is -0.274. The van der Waals surface area contributed by atoms with Crippen LogP contribution in [0.3, 0.4) is 0 Å². The van der Waals surface area contributed by atoms with Crippen molar-refractivity contribution in [3.63, 3.8) is 0 Å². The van der Waals surface area contributed by atoms with Gasteiger partial charge in [0.05, 0.1) is 13.2 Å². The molecule has 0 radical (unpaired) electrons. The van der Waals surface area contributed by atoms with Gasteiger partial charge in [0.2, 0.25) is 0 Å². The van der Waals surface area contributed by atoms with Crippen molar-refractivity contribution in [3.8, 4) is 5.75 Å². The van der Waals surface area contributed by atoms with E-state index in [0.29, 0.717) is 25.3 Å². The molecule has 0 bridgehead atoms. The molecule has 0 N–H and O–H groups in total. The van der Waals surface area contributed by atoms with Crippen LogP contribution in [0.25, 0.3) is 0 Å². The van der Waals surface area contributed by atoms with Gasteiger partial charge in [-0.1, -0.05) is 38.3 Å². The maximum Gasteiger partial charge on any atom is 0.573 e. The molecule has 24 heavy (non-hydrogen) atoms. The largest absolute Gasteiger partial charge is 0.573 e. The monoisotopic (exact) mass is 346 g/mol. The summed E-state index contributed by atoms with van der Waals surface area (Å²) in [6, 6.07) is 5.48. The average Bonchev–Trinajstić information content (AvgIpc) is 2.55. The van der Waals surface area contributed by atoms with Crippen molar-refractivity contribution in [2.75, 3.05) is 19.8 Å². The molecular formula is C16H22BF3O4. The second-order valence-corrected chi connectivity index (χ2v) is 5.67. The smallest absolute Gasteiger partial charge is 0.406 e. The number of hydrogen-bond acceptors (Lipinski definition) is 4. The summed E-state index contributed by atoms with van der Waals surface area (Å²) in [5, 5.41) is 0. The standard InChI is InChI=1S/C16H22BF3O4/c1-2-3-4-5-10-21-15-11-22-17(23-12-15)13-6-8-14(9-7-13)24-16(18,19)20/h6-9,15H,2-5,10-12H2,1H3. The maximum absolute atomic E-state index is 12.1. The van der Waals surface area contributed by atoms with Crippen LogP contribution in [0.1, 0.15) is 32.6 Å². The molecule has 1 saturated heterocycles. The summed E-state index contributed by atoms with van der Waals surface area (Å²) in [4.78, 5) is 0.